The normalized spacial score (nSPS) is 15.9. The first-order chi connectivity index (χ1) is 15.8. The number of halogens is 8. The van der Waals surface area contributed by atoms with E-state index in [9.17, 15) is 35.5 Å². The smallest absolute Gasteiger partial charge is 0.341 e. The van der Waals surface area contributed by atoms with Crippen molar-refractivity contribution in [2.24, 2.45) is 5.92 Å². The van der Waals surface area contributed by atoms with E-state index < -0.39 is 41.7 Å². The van der Waals surface area contributed by atoms with Crippen molar-refractivity contribution >= 4 is 18.3 Å². The summed E-state index contributed by atoms with van der Waals surface area (Å²) in [5.74, 6) is -0.945. The van der Waals surface area contributed by atoms with Gasteiger partial charge in [-0.05, 0) is 79.2 Å². The number of rotatable bonds is 6. The summed E-state index contributed by atoms with van der Waals surface area (Å²) < 4.78 is 92.3. The largest absolute Gasteiger partial charge is 0.416 e. The summed E-state index contributed by atoms with van der Waals surface area (Å²) in [4.78, 5) is 14.1. The molecule has 1 aliphatic heterocycles. The van der Waals surface area contributed by atoms with Crippen LogP contribution in [0, 0.1) is 11.7 Å². The van der Waals surface area contributed by atoms with Gasteiger partial charge in [-0.25, -0.2) is 4.39 Å². The van der Waals surface area contributed by atoms with Crippen LogP contribution in [0.5, 0.6) is 0 Å². The van der Waals surface area contributed by atoms with Gasteiger partial charge in [-0.2, -0.15) is 26.3 Å². The molecule has 0 saturated carbocycles. The van der Waals surface area contributed by atoms with E-state index in [1.807, 2.05) is 0 Å². The monoisotopic (exact) mass is 526 g/mol. The zero-order valence-electron chi connectivity index (χ0n) is 18.8. The number of carbonyl (C=O) groups excluding carboxylic acids is 1. The van der Waals surface area contributed by atoms with Crippen LogP contribution in [-0.2, 0) is 23.7 Å². The fourth-order valence-corrected chi connectivity index (χ4v) is 4.33. The van der Waals surface area contributed by atoms with Gasteiger partial charge in [-0.15, -0.1) is 12.4 Å². The van der Waals surface area contributed by atoms with Gasteiger partial charge in [0.2, 0.25) is 5.91 Å². The lowest BCUT2D eigenvalue weighted by Crippen LogP contribution is -2.34. The first kappa shape index (κ1) is 28.9. The van der Waals surface area contributed by atoms with Crippen LogP contribution in [0.2, 0.25) is 0 Å². The van der Waals surface area contributed by atoms with E-state index in [-0.39, 0.29) is 42.3 Å². The quantitative estimate of drug-likeness (QED) is 0.441. The molecule has 0 aromatic heterocycles. The maximum Gasteiger partial charge on any atom is 0.416 e. The van der Waals surface area contributed by atoms with Crippen LogP contribution < -0.4 is 5.32 Å². The zero-order chi connectivity index (χ0) is 25.1. The lowest BCUT2D eigenvalue weighted by atomic mass is 9.78. The Hall–Kier alpha value is -2.33. The van der Waals surface area contributed by atoms with Crippen LogP contribution >= 0.6 is 12.4 Å². The Morgan fingerprint density at radius 1 is 0.971 bits per heavy atom. The zero-order valence-corrected chi connectivity index (χ0v) is 19.7. The molecular formula is C24H26ClF7N2O. The maximum atomic E-state index is 13.4. The second-order valence-corrected chi connectivity index (χ2v) is 8.61. The van der Waals surface area contributed by atoms with Crippen molar-refractivity contribution in [3.63, 3.8) is 0 Å². The van der Waals surface area contributed by atoms with Gasteiger partial charge >= 0.3 is 12.4 Å². The van der Waals surface area contributed by atoms with Crippen molar-refractivity contribution in [2.75, 3.05) is 20.1 Å². The Morgan fingerprint density at radius 3 is 1.97 bits per heavy atom. The first-order valence-corrected chi connectivity index (χ1v) is 10.8. The lowest BCUT2D eigenvalue weighted by Gasteiger charge is -2.32. The highest BCUT2D eigenvalue weighted by atomic mass is 35.5. The molecule has 0 radical (unpaired) electrons. The molecule has 1 amide bonds. The highest BCUT2D eigenvalue weighted by molar-refractivity contribution is 5.85. The van der Waals surface area contributed by atoms with E-state index in [2.05, 4.69) is 5.32 Å². The Balaban J connectivity index is 0.00000432. The fourth-order valence-electron chi connectivity index (χ4n) is 4.33. The van der Waals surface area contributed by atoms with Crippen LogP contribution in [0.4, 0.5) is 30.7 Å². The summed E-state index contributed by atoms with van der Waals surface area (Å²) in [6.45, 7) is 1.11. The van der Waals surface area contributed by atoms with E-state index in [4.69, 9.17) is 0 Å². The van der Waals surface area contributed by atoms with Gasteiger partial charge in [0.15, 0.2) is 0 Å². The molecule has 11 heteroatoms. The van der Waals surface area contributed by atoms with Crippen LogP contribution in [-0.4, -0.2) is 30.9 Å². The predicted molar refractivity (Wildman–Crippen MR) is 120 cm³/mol. The number of hydrogen-bond acceptors (Lipinski definition) is 2. The van der Waals surface area contributed by atoms with Gasteiger partial charge < -0.3 is 10.2 Å². The van der Waals surface area contributed by atoms with Gasteiger partial charge in [0, 0.05) is 20.0 Å². The molecule has 0 bridgehead atoms. The summed E-state index contributed by atoms with van der Waals surface area (Å²) in [6.07, 6.45) is -8.32. The van der Waals surface area contributed by atoms with Crippen molar-refractivity contribution in [1.29, 1.82) is 0 Å². The van der Waals surface area contributed by atoms with E-state index in [0.717, 1.165) is 36.4 Å². The minimum absolute atomic E-state index is 0. The van der Waals surface area contributed by atoms with Crippen LogP contribution in [0.3, 0.4) is 0 Å². The first-order valence-electron chi connectivity index (χ1n) is 10.8. The molecular weight excluding hydrogens is 501 g/mol. The minimum atomic E-state index is -4.96. The average Bonchev–Trinajstić information content (AvgIpc) is 2.77. The number of amides is 1. The molecule has 1 saturated heterocycles. The Bertz CT molecular complexity index is 955. The highest BCUT2D eigenvalue weighted by Gasteiger charge is 2.37. The third kappa shape index (κ3) is 7.83. The van der Waals surface area contributed by atoms with E-state index >= 15 is 0 Å². The van der Waals surface area contributed by atoms with E-state index in [1.165, 1.54) is 19.2 Å². The van der Waals surface area contributed by atoms with Gasteiger partial charge in [0.05, 0.1) is 11.1 Å². The molecule has 1 atom stereocenters. The molecule has 2 aromatic rings. The molecule has 3 nitrogen and oxygen atoms in total. The van der Waals surface area contributed by atoms with Crippen molar-refractivity contribution in [3.8, 4) is 0 Å². The average molecular weight is 527 g/mol. The number of nitrogens with zero attached hydrogens (tertiary/aromatic N) is 1. The molecule has 0 aliphatic carbocycles. The molecule has 1 heterocycles. The number of carbonyl (C=O) groups is 1. The minimum Gasteiger partial charge on any atom is -0.341 e. The van der Waals surface area contributed by atoms with Crippen molar-refractivity contribution in [1.82, 2.24) is 10.2 Å². The van der Waals surface area contributed by atoms with Crippen molar-refractivity contribution in [3.05, 3.63) is 70.5 Å². The number of piperidine rings is 1. The molecule has 0 spiro atoms. The van der Waals surface area contributed by atoms with Crippen molar-refractivity contribution in [2.45, 2.75) is 44.1 Å². The number of benzene rings is 2. The van der Waals surface area contributed by atoms with Gasteiger partial charge in [-0.1, -0.05) is 12.1 Å². The molecule has 1 aliphatic rings. The molecule has 1 unspecified atom stereocenters. The molecule has 194 valence electrons. The number of alkyl halides is 6. The van der Waals surface area contributed by atoms with Gasteiger partial charge in [0.1, 0.15) is 5.82 Å². The van der Waals surface area contributed by atoms with E-state index in [1.54, 1.807) is 12.1 Å². The summed E-state index contributed by atoms with van der Waals surface area (Å²) in [7, 11) is 1.35. The second kappa shape index (κ2) is 11.6. The third-order valence-corrected chi connectivity index (χ3v) is 6.14. The van der Waals surface area contributed by atoms with Crippen molar-refractivity contribution < 1.29 is 35.5 Å². The topological polar surface area (TPSA) is 32.3 Å². The molecule has 3 rings (SSSR count). The summed E-state index contributed by atoms with van der Waals surface area (Å²) >= 11 is 0. The Morgan fingerprint density at radius 2 is 1.49 bits per heavy atom. The third-order valence-electron chi connectivity index (χ3n) is 6.14. The summed E-state index contributed by atoms with van der Waals surface area (Å²) in [5.41, 5.74) is -2.33. The number of hydrogen-bond donors (Lipinski definition) is 1. The molecule has 2 aromatic carbocycles. The van der Waals surface area contributed by atoms with Gasteiger partial charge in [-0.3, -0.25) is 4.79 Å². The Labute approximate surface area is 205 Å². The van der Waals surface area contributed by atoms with Crippen LogP contribution in [0.25, 0.3) is 0 Å². The van der Waals surface area contributed by atoms with Gasteiger partial charge in [0.25, 0.3) is 0 Å². The summed E-state index contributed by atoms with van der Waals surface area (Å²) in [6, 6.07) is 7.15. The lowest BCUT2D eigenvalue weighted by molar-refractivity contribution is -0.143. The standard InChI is InChI=1S/C24H25F7N2O.ClH/c1-33(14-15-10-18(23(26,27)28)12-19(11-15)24(29,30)31)22(34)13-21(17-6-8-32-9-7-17)16-2-4-20(25)5-3-16;/h2-5,10-12,17,21,32H,6-9,13-14H2,1H3;1H. The SMILES string of the molecule is CN(Cc1cc(C(F)(F)F)cc(C(F)(F)F)c1)C(=O)CC(c1ccc(F)cc1)C1CCNCC1.Cl. The Kier molecular flexibility index (Phi) is 9.58. The van der Waals surface area contributed by atoms with Crippen LogP contribution in [0.15, 0.2) is 42.5 Å². The highest BCUT2D eigenvalue weighted by Crippen LogP contribution is 2.37. The molecule has 35 heavy (non-hydrogen) atoms. The fraction of sp³-hybridized carbons (Fsp3) is 0.458. The predicted octanol–water partition coefficient (Wildman–Crippen LogP) is 6.42. The molecule has 1 N–H and O–H groups in total. The summed E-state index contributed by atoms with van der Waals surface area (Å²) in [5, 5.41) is 3.23. The molecule has 1 fully saturated rings. The van der Waals surface area contributed by atoms with E-state index in [0.29, 0.717) is 12.1 Å². The van der Waals surface area contributed by atoms with Crippen LogP contribution in [0.1, 0.15) is 47.4 Å². The number of nitrogens with one attached hydrogen (secondary N) is 1. The maximum absolute atomic E-state index is 13.4. The second-order valence-electron chi connectivity index (χ2n) is 8.61.